The second kappa shape index (κ2) is 5.43. The van der Waals surface area contributed by atoms with Crippen molar-refractivity contribution in [2.24, 2.45) is 0 Å². The maximum absolute atomic E-state index is 12.1. The third kappa shape index (κ3) is 2.81. The Morgan fingerprint density at radius 3 is 2.71 bits per heavy atom. The molecule has 1 N–H and O–H groups in total. The lowest BCUT2D eigenvalue weighted by Gasteiger charge is -2.16. The molecule has 3 rings (SSSR count). The lowest BCUT2D eigenvalue weighted by Crippen LogP contribution is -2.26. The summed E-state index contributed by atoms with van der Waals surface area (Å²) in [5, 5.41) is 12.9. The van der Waals surface area contributed by atoms with Gasteiger partial charge in [0.2, 0.25) is 5.76 Å². The molecule has 0 aromatic carbocycles. The molecule has 0 spiro atoms. The van der Waals surface area contributed by atoms with Crippen LogP contribution in [0.2, 0.25) is 0 Å². The molecule has 2 aromatic heterocycles. The van der Waals surface area contributed by atoms with Crippen LogP contribution < -0.4 is 10.5 Å². The molecule has 3 heterocycles. The van der Waals surface area contributed by atoms with E-state index >= 15 is 0 Å². The van der Waals surface area contributed by atoms with Crippen molar-refractivity contribution in [1.82, 2.24) is 9.78 Å². The summed E-state index contributed by atoms with van der Waals surface area (Å²) in [6.45, 7) is 2.02. The van der Waals surface area contributed by atoms with Crippen molar-refractivity contribution in [2.45, 2.75) is 19.4 Å². The van der Waals surface area contributed by atoms with Gasteiger partial charge in [-0.25, -0.2) is 9.48 Å². The Labute approximate surface area is 120 Å². The summed E-state index contributed by atoms with van der Waals surface area (Å²) in [7, 11) is 0. The number of hydrogen-bond donors (Lipinski definition) is 1. The van der Waals surface area contributed by atoms with Gasteiger partial charge in [-0.05, 0) is 25.0 Å². The Hall–Kier alpha value is -2.57. The lowest BCUT2D eigenvalue weighted by molar-refractivity contribution is 0.0660. The minimum atomic E-state index is -1.13. The Morgan fingerprint density at radius 1 is 1.33 bits per heavy atom. The van der Waals surface area contributed by atoms with Crippen LogP contribution in [0.25, 0.3) is 0 Å². The molecule has 0 unspecified atom stereocenters. The average molecular weight is 289 g/mol. The van der Waals surface area contributed by atoms with Crippen LogP contribution in [0.5, 0.6) is 0 Å². The SMILES string of the molecule is O=C(O)c1ccc(Cn2ncc(N3CCCC3)cc2=O)o1. The van der Waals surface area contributed by atoms with Crippen LogP contribution in [0.15, 0.2) is 33.6 Å². The van der Waals surface area contributed by atoms with Gasteiger partial charge in [0.15, 0.2) is 0 Å². The predicted molar refractivity (Wildman–Crippen MR) is 74.7 cm³/mol. The van der Waals surface area contributed by atoms with E-state index in [0.29, 0.717) is 5.76 Å². The first-order valence-corrected chi connectivity index (χ1v) is 6.77. The number of carboxylic acids is 1. The van der Waals surface area contributed by atoms with Crippen molar-refractivity contribution in [2.75, 3.05) is 18.0 Å². The van der Waals surface area contributed by atoms with Crippen molar-refractivity contribution in [1.29, 1.82) is 0 Å². The van der Waals surface area contributed by atoms with Gasteiger partial charge >= 0.3 is 5.97 Å². The molecule has 1 aliphatic heterocycles. The van der Waals surface area contributed by atoms with Gasteiger partial charge in [0, 0.05) is 19.2 Å². The van der Waals surface area contributed by atoms with Gasteiger partial charge in [-0.15, -0.1) is 0 Å². The molecule has 1 saturated heterocycles. The van der Waals surface area contributed by atoms with E-state index < -0.39 is 5.97 Å². The molecule has 110 valence electrons. The molecule has 0 atom stereocenters. The van der Waals surface area contributed by atoms with Crippen molar-refractivity contribution in [3.63, 3.8) is 0 Å². The average Bonchev–Trinajstić information content (AvgIpc) is 3.12. The fraction of sp³-hybridized carbons (Fsp3) is 0.357. The quantitative estimate of drug-likeness (QED) is 0.909. The van der Waals surface area contributed by atoms with E-state index in [1.165, 1.54) is 16.8 Å². The Morgan fingerprint density at radius 2 is 2.10 bits per heavy atom. The van der Waals surface area contributed by atoms with Crippen molar-refractivity contribution in [3.05, 3.63) is 46.3 Å². The molecule has 0 bridgehead atoms. The third-order valence-corrected chi connectivity index (χ3v) is 3.50. The molecule has 21 heavy (non-hydrogen) atoms. The zero-order valence-corrected chi connectivity index (χ0v) is 11.4. The highest BCUT2D eigenvalue weighted by Gasteiger charge is 2.14. The highest BCUT2D eigenvalue weighted by molar-refractivity contribution is 5.84. The van der Waals surface area contributed by atoms with E-state index in [-0.39, 0.29) is 17.9 Å². The fourth-order valence-electron chi connectivity index (χ4n) is 2.42. The summed E-state index contributed by atoms with van der Waals surface area (Å²) in [5.74, 6) is -0.895. The van der Waals surface area contributed by atoms with Gasteiger partial charge in [0.25, 0.3) is 5.56 Å². The van der Waals surface area contributed by atoms with E-state index in [1.807, 2.05) is 0 Å². The molecule has 0 radical (unpaired) electrons. The van der Waals surface area contributed by atoms with E-state index in [2.05, 4.69) is 10.00 Å². The number of anilines is 1. The molecule has 7 heteroatoms. The number of furan rings is 1. The fourth-order valence-corrected chi connectivity index (χ4v) is 2.42. The molecule has 1 fully saturated rings. The highest BCUT2D eigenvalue weighted by Crippen LogP contribution is 2.17. The molecular formula is C14H15N3O4. The van der Waals surface area contributed by atoms with Crippen LogP contribution in [0, 0.1) is 0 Å². The summed E-state index contributed by atoms with van der Waals surface area (Å²) in [4.78, 5) is 24.9. The van der Waals surface area contributed by atoms with Crippen LogP contribution in [-0.4, -0.2) is 33.9 Å². The van der Waals surface area contributed by atoms with Gasteiger partial charge in [-0.2, -0.15) is 5.10 Å². The van der Waals surface area contributed by atoms with Gasteiger partial charge < -0.3 is 14.4 Å². The molecule has 7 nitrogen and oxygen atoms in total. The first-order valence-electron chi connectivity index (χ1n) is 6.77. The summed E-state index contributed by atoms with van der Waals surface area (Å²) in [5.41, 5.74) is 0.604. The molecule has 0 aliphatic carbocycles. The van der Waals surface area contributed by atoms with Gasteiger partial charge in [0.1, 0.15) is 12.3 Å². The molecule has 1 aliphatic rings. The topological polar surface area (TPSA) is 88.6 Å². The number of carboxylic acid groups (broad SMARTS) is 1. The number of nitrogens with zero attached hydrogens (tertiary/aromatic N) is 3. The summed E-state index contributed by atoms with van der Waals surface area (Å²) >= 11 is 0. The maximum atomic E-state index is 12.1. The van der Waals surface area contributed by atoms with Crippen LogP contribution >= 0.6 is 0 Å². The highest BCUT2D eigenvalue weighted by atomic mass is 16.4. The summed E-state index contributed by atoms with van der Waals surface area (Å²) < 4.78 is 6.38. The largest absolute Gasteiger partial charge is 0.475 e. The van der Waals surface area contributed by atoms with Gasteiger partial charge in [-0.3, -0.25) is 4.79 Å². The van der Waals surface area contributed by atoms with Gasteiger partial charge in [0.05, 0.1) is 11.9 Å². The minimum absolute atomic E-state index is 0.117. The zero-order valence-electron chi connectivity index (χ0n) is 11.4. The number of aromatic carboxylic acids is 1. The Kier molecular flexibility index (Phi) is 3.47. The number of rotatable bonds is 4. The second-order valence-electron chi connectivity index (χ2n) is 4.97. The third-order valence-electron chi connectivity index (χ3n) is 3.50. The molecule has 0 amide bonds. The minimum Gasteiger partial charge on any atom is -0.475 e. The Bertz CT molecular complexity index is 713. The first-order chi connectivity index (χ1) is 10.1. The monoisotopic (exact) mass is 289 g/mol. The van der Waals surface area contributed by atoms with Crippen LogP contribution in [0.3, 0.4) is 0 Å². The van der Waals surface area contributed by atoms with E-state index in [4.69, 9.17) is 9.52 Å². The van der Waals surface area contributed by atoms with Gasteiger partial charge in [-0.1, -0.05) is 0 Å². The molecule has 0 saturated carbocycles. The van der Waals surface area contributed by atoms with Crippen molar-refractivity contribution < 1.29 is 14.3 Å². The normalized spacial score (nSPS) is 14.6. The van der Waals surface area contributed by atoms with Crippen molar-refractivity contribution >= 4 is 11.7 Å². The number of hydrogen-bond acceptors (Lipinski definition) is 5. The van der Waals surface area contributed by atoms with E-state index in [1.54, 1.807) is 12.3 Å². The van der Waals surface area contributed by atoms with Crippen LogP contribution in [0.4, 0.5) is 5.69 Å². The number of aromatic nitrogens is 2. The summed E-state index contributed by atoms with van der Waals surface area (Å²) in [6.07, 6.45) is 3.93. The zero-order chi connectivity index (χ0) is 14.8. The van der Waals surface area contributed by atoms with Crippen LogP contribution in [0.1, 0.15) is 29.2 Å². The van der Waals surface area contributed by atoms with Crippen LogP contribution in [-0.2, 0) is 6.54 Å². The Balaban J connectivity index is 1.79. The molecule has 2 aromatic rings. The van der Waals surface area contributed by atoms with E-state index in [9.17, 15) is 9.59 Å². The summed E-state index contributed by atoms with van der Waals surface area (Å²) in [6, 6.07) is 4.45. The predicted octanol–water partition coefficient (Wildman–Crippen LogP) is 1.18. The first kappa shape index (κ1) is 13.4. The number of carbonyl (C=O) groups is 1. The second-order valence-corrected chi connectivity index (χ2v) is 4.97. The maximum Gasteiger partial charge on any atom is 0.371 e. The van der Waals surface area contributed by atoms with Crippen molar-refractivity contribution in [3.8, 4) is 0 Å². The molecular weight excluding hydrogens is 274 g/mol. The standard InChI is InChI=1S/C14H15N3O4/c18-13-7-10(16-5-1-2-6-16)8-15-17(13)9-11-3-4-12(21-11)14(19)20/h3-4,7-8H,1-2,5-6,9H2,(H,19,20). The smallest absolute Gasteiger partial charge is 0.371 e. The van der Waals surface area contributed by atoms with E-state index in [0.717, 1.165) is 31.6 Å². The lowest BCUT2D eigenvalue weighted by atomic mass is 10.4.